The highest BCUT2D eigenvalue weighted by Crippen LogP contribution is 2.35. The highest BCUT2D eigenvalue weighted by Gasteiger charge is 2.25. The molecule has 1 N–H and O–H groups in total. The van der Waals surface area contributed by atoms with Crippen LogP contribution in [0.2, 0.25) is 0 Å². The Balaban J connectivity index is 2.05. The normalized spacial score (nSPS) is 18.7. The molecule has 0 aromatic heterocycles. The number of hydroxylamine groups is 2. The first-order valence-electron chi connectivity index (χ1n) is 8.29. The van der Waals surface area contributed by atoms with Crippen LogP contribution < -0.4 is 0 Å². The van der Waals surface area contributed by atoms with Gasteiger partial charge < -0.3 is 0 Å². The van der Waals surface area contributed by atoms with Crippen molar-refractivity contribution in [1.82, 2.24) is 5.06 Å². The van der Waals surface area contributed by atoms with Gasteiger partial charge in [0.15, 0.2) is 5.17 Å². The molecule has 6 heteroatoms. The second kappa shape index (κ2) is 7.05. The number of amidine groups is 1. The topological polar surface area (TPSA) is 65.3 Å². The predicted molar refractivity (Wildman–Crippen MR) is 106 cm³/mol. The molecular weight excluding hydrogens is 346 g/mol. The molecule has 3 rings (SSSR count). The molecule has 0 unspecified atom stereocenters. The van der Waals surface area contributed by atoms with Gasteiger partial charge in [-0.15, -0.1) is 0 Å². The Morgan fingerprint density at radius 3 is 2.31 bits per heavy atom. The summed E-state index contributed by atoms with van der Waals surface area (Å²) in [4.78, 5) is 20.8. The van der Waals surface area contributed by atoms with Gasteiger partial charge in [0.2, 0.25) is 5.91 Å². The van der Waals surface area contributed by atoms with Gasteiger partial charge in [-0.1, -0.05) is 45.0 Å². The molecule has 0 radical (unpaired) electrons. The molecule has 2 aliphatic rings. The van der Waals surface area contributed by atoms with Crippen LogP contribution in [0.25, 0.3) is 0 Å². The molecule has 0 saturated carbocycles. The van der Waals surface area contributed by atoms with Crippen LogP contribution in [-0.2, 0) is 10.2 Å². The number of allylic oxidation sites excluding steroid dienone is 4. The van der Waals surface area contributed by atoms with E-state index in [0.717, 1.165) is 26.8 Å². The van der Waals surface area contributed by atoms with Gasteiger partial charge in [-0.25, -0.2) is 10.1 Å². The van der Waals surface area contributed by atoms with Crippen LogP contribution in [-0.4, -0.2) is 27.1 Å². The van der Waals surface area contributed by atoms with Crippen molar-refractivity contribution in [2.45, 2.75) is 33.1 Å². The van der Waals surface area contributed by atoms with Crippen LogP contribution >= 0.6 is 11.8 Å². The second-order valence-corrected chi connectivity index (χ2v) is 8.08. The zero-order chi connectivity index (χ0) is 18.9. The minimum Gasteiger partial charge on any atom is -0.285 e. The standard InChI is InChI=1S/C20H21N3O2S/c1-13(24)21-19-22-17(14-5-7-16(8-6-14)20(2,3)4)18(26-19)15-9-11-23(25)12-10-15/h5-12,25H,1-4H3. The predicted octanol–water partition coefficient (Wildman–Crippen LogP) is 4.41. The van der Waals surface area contributed by atoms with Crippen molar-refractivity contribution in [3.8, 4) is 0 Å². The van der Waals surface area contributed by atoms with E-state index in [1.807, 2.05) is 12.1 Å². The quantitative estimate of drug-likeness (QED) is 0.798. The lowest BCUT2D eigenvalue weighted by Crippen LogP contribution is -2.11. The molecule has 134 valence electrons. The number of nitrogens with zero attached hydrogens (tertiary/aromatic N) is 3. The van der Waals surface area contributed by atoms with Gasteiger partial charge in [0.25, 0.3) is 0 Å². The SMILES string of the molecule is CC(=O)N=C1N=C(c2ccc(C(C)(C)C)cc2)C(=C2C=CN(O)C=C2)S1. The maximum atomic E-state index is 11.4. The average molecular weight is 367 g/mol. The molecular formula is C20H21N3O2S. The van der Waals surface area contributed by atoms with Crippen molar-refractivity contribution in [2.24, 2.45) is 9.98 Å². The molecule has 0 spiro atoms. The number of carbonyl (C=O) groups excluding carboxylic acids is 1. The molecule has 2 heterocycles. The van der Waals surface area contributed by atoms with Crippen LogP contribution in [0.3, 0.4) is 0 Å². The molecule has 26 heavy (non-hydrogen) atoms. The van der Waals surface area contributed by atoms with Crippen molar-refractivity contribution in [3.05, 3.63) is 70.4 Å². The summed E-state index contributed by atoms with van der Waals surface area (Å²) in [5.74, 6) is -0.277. The third-order valence-corrected chi connectivity index (χ3v) is 4.97. The fraction of sp³-hybridized carbons (Fsp3) is 0.250. The zero-order valence-corrected chi connectivity index (χ0v) is 16.0. The van der Waals surface area contributed by atoms with Crippen LogP contribution in [0.5, 0.6) is 0 Å². The summed E-state index contributed by atoms with van der Waals surface area (Å²) in [6.07, 6.45) is 6.73. The number of rotatable bonds is 1. The Morgan fingerprint density at radius 2 is 1.77 bits per heavy atom. The van der Waals surface area contributed by atoms with Crippen molar-refractivity contribution in [2.75, 3.05) is 0 Å². The van der Waals surface area contributed by atoms with Gasteiger partial charge in [0, 0.05) is 29.8 Å². The summed E-state index contributed by atoms with van der Waals surface area (Å²) in [7, 11) is 0. The molecule has 0 bridgehead atoms. The van der Waals surface area contributed by atoms with E-state index in [9.17, 15) is 10.0 Å². The van der Waals surface area contributed by atoms with Gasteiger partial charge in [-0.3, -0.25) is 10.0 Å². The van der Waals surface area contributed by atoms with Crippen LogP contribution in [0.4, 0.5) is 0 Å². The first kappa shape index (κ1) is 18.4. The number of thioether (sulfide) groups is 1. The Labute approximate surface area is 157 Å². The van der Waals surface area contributed by atoms with E-state index in [0.29, 0.717) is 5.17 Å². The first-order chi connectivity index (χ1) is 12.2. The summed E-state index contributed by atoms with van der Waals surface area (Å²) in [5.41, 5.74) is 3.98. The third-order valence-electron chi connectivity index (χ3n) is 3.97. The largest absolute Gasteiger partial charge is 0.285 e. The van der Waals surface area contributed by atoms with E-state index < -0.39 is 0 Å². The highest BCUT2D eigenvalue weighted by atomic mass is 32.2. The molecule has 0 saturated heterocycles. The third kappa shape index (κ3) is 4.03. The van der Waals surface area contributed by atoms with E-state index in [4.69, 9.17) is 0 Å². The minimum atomic E-state index is -0.277. The fourth-order valence-corrected chi connectivity index (χ4v) is 3.59. The van der Waals surface area contributed by atoms with E-state index in [1.165, 1.54) is 24.2 Å². The molecule has 1 amide bonds. The van der Waals surface area contributed by atoms with E-state index in [-0.39, 0.29) is 11.3 Å². The summed E-state index contributed by atoms with van der Waals surface area (Å²) in [5, 5.41) is 10.9. The number of aliphatic imine (C=N–C) groups is 2. The monoisotopic (exact) mass is 367 g/mol. The maximum absolute atomic E-state index is 11.4. The summed E-state index contributed by atoms with van der Waals surface area (Å²) < 4.78 is 0. The summed E-state index contributed by atoms with van der Waals surface area (Å²) >= 11 is 1.36. The molecule has 1 aromatic carbocycles. The Hall–Kier alpha value is -2.44. The molecule has 2 aliphatic heterocycles. The number of hydrogen-bond acceptors (Lipinski definition) is 4. The average Bonchev–Trinajstić information content (AvgIpc) is 2.98. The molecule has 5 nitrogen and oxygen atoms in total. The molecule has 0 fully saturated rings. The van der Waals surface area contributed by atoms with Crippen LogP contribution in [0.1, 0.15) is 38.8 Å². The van der Waals surface area contributed by atoms with E-state index >= 15 is 0 Å². The van der Waals surface area contributed by atoms with E-state index in [1.54, 1.807) is 24.6 Å². The Bertz CT molecular complexity index is 869. The Morgan fingerprint density at radius 1 is 1.15 bits per heavy atom. The fourth-order valence-electron chi connectivity index (χ4n) is 2.58. The van der Waals surface area contributed by atoms with Crippen LogP contribution in [0.15, 0.2) is 69.3 Å². The number of carbonyl (C=O) groups is 1. The molecule has 1 aromatic rings. The lowest BCUT2D eigenvalue weighted by atomic mass is 9.86. The highest BCUT2D eigenvalue weighted by molar-refractivity contribution is 8.18. The lowest BCUT2D eigenvalue weighted by molar-refractivity contribution is -0.115. The molecule has 0 atom stereocenters. The van der Waals surface area contributed by atoms with Crippen molar-refractivity contribution in [3.63, 3.8) is 0 Å². The van der Waals surface area contributed by atoms with Gasteiger partial charge in [-0.05, 0) is 40.5 Å². The second-order valence-electron chi connectivity index (χ2n) is 7.10. The van der Waals surface area contributed by atoms with Gasteiger partial charge in [-0.2, -0.15) is 4.99 Å². The van der Waals surface area contributed by atoms with Crippen molar-refractivity contribution in [1.29, 1.82) is 0 Å². The van der Waals surface area contributed by atoms with Crippen LogP contribution in [0, 0.1) is 0 Å². The first-order valence-corrected chi connectivity index (χ1v) is 9.11. The minimum absolute atomic E-state index is 0.0761. The smallest absolute Gasteiger partial charge is 0.245 e. The summed E-state index contributed by atoms with van der Waals surface area (Å²) in [6, 6.07) is 8.30. The van der Waals surface area contributed by atoms with Gasteiger partial charge in [0.1, 0.15) is 0 Å². The van der Waals surface area contributed by atoms with E-state index in [2.05, 4.69) is 42.9 Å². The number of amides is 1. The van der Waals surface area contributed by atoms with Gasteiger partial charge >= 0.3 is 0 Å². The zero-order valence-electron chi connectivity index (χ0n) is 15.2. The van der Waals surface area contributed by atoms with Crippen molar-refractivity contribution < 1.29 is 10.0 Å². The van der Waals surface area contributed by atoms with Gasteiger partial charge in [0.05, 0.1) is 5.71 Å². The number of benzene rings is 1. The Kier molecular flexibility index (Phi) is 4.98. The number of hydrogen-bond donors (Lipinski definition) is 1. The summed E-state index contributed by atoms with van der Waals surface area (Å²) in [6.45, 7) is 7.94. The molecule has 0 aliphatic carbocycles. The van der Waals surface area contributed by atoms with Crippen molar-refractivity contribution >= 4 is 28.5 Å². The maximum Gasteiger partial charge on any atom is 0.245 e. The lowest BCUT2D eigenvalue weighted by Gasteiger charge is -2.19.